The molecule has 1 aliphatic carbocycles. The van der Waals surface area contributed by atoms with Gasteiger partial charge in [0.25, 0.3) is 0 Å². The van der Waals surface area contributed by atoms with Crippen LogP contribution in [0, 0.1) is 5.92 Å². The van der Waals surface area contributed by atoms with E-state index >= 15 is 0 Å². The summed E-state index contributed by atoms with van der Waals surface area (Å²) in [4.78, 5) is 0. The highest BCUT2D eigenvalue weighted by atomic mass is 15.0. The van der Waals surface area contributed by atoms with Crippen LogP contribution in [0.5, 0.6) is 0 Å². The molecule has 0 spiro atoms. The molecule has 0 aromatic rings. The van der Waals surface area contributed by atoms with Crippen LogP contribution in [-0.2, 0) is 0 Å². The fourth-order valence-electron chi connectivity index (χ4n) is 2.39. The van der Waals surface area contributed by atoms with Gasteiger partial charge in [-0.15, -0.1) is 0 Å². The predicted molar refractivity (Wildman–Crippen MR) is 60.4 cm³/mol. The largest absolute Gasteiger partial charge is 0.313 e. The zero-order valence-corrected chi connectivity index (χ0v) is 9.39. The van der Waals surface area contributed by atoms with Crippen molar-refractivity contribution in [2.75, 3.05) is 13.1 Å². The third-order valence-electron chi connectivity index (χ3n) is 3.62. The van der Waals surface area contributed by atoms with E-state index in [1.165, 1.54) is 51.6 Å². The van der Waals surface area contributed by atoms with Gasteiger partial charge in [-0.1, -0.05) is 19.8 Å². The molecule has 0 amide bonds. The van der Waals surface area contributed by atoms with Crippen LogP contribution in [-0.4, -0.2) is 25.2 Å². The Balaban J connectivity index is 1.60. The molecule has 0 bridgehead atoms. The van der Waals surface area contributed by atoms with Crippen molar-refractivity contribution in [1.29, 1.82) is 0 Å². The molecule has 2 N–H and O–H groups in total. The molecular weight excluding hydrogens is 172 g/mol. The molecular formula is C12H24N2. The first-order valence-corrected chi connectivity index (χ1v) is 6.35. The van der Waals surface area contributed by atoms with Gasteiger partial charge in [-0.2, -0.15) is 0 Å². The second-order valence-corrected chi connectivity index (χ2v) is 4.99. The number of rotatable bonds is 6. The molecule has 0 aromatic carbocycles. The lowest BCUT2D eigenvalue weighted by molar-refractivity contribution is 0.416. The van der Waals surface area contributed by atoms with Gasteiger partial charge in [0.2, 0.25) is 0 Å². The van der Waals surface area contributed by atoms with Crippen molar-refractivity contribution in [2.24, 2.45) is 5.92 Å². The Morgan fingerprint density at radius 3 is 2.79 bits per heavy atom. The molecule has 2 rings (SSSR count). The maximum atomic E-state index is 3.72. The van der Waals surface area contributed by atoms with Crippen LogP contribution >= 0.6 is 0 Å². The van der Waals surface area contributed by atoms with Crippen molar-refractivity contribution in [2.45, 2.75) is 57.5 Å². The summed E-state index contributed by atoms with van der Waals surface area (Å²) in [6, 6.07) is 1.54. The van der Waals surface area contributed by atoms with Gasteiger partial charge in [0.05, 0.1) is 0 Å². The van der Waals surface area contributed by atoms with Crippen LogP contribution in [0.3, 0.4) is 0 Å². The van der Waals surface area contributed by atoms with E-state index in [0.29, 0.717) is 0 Å². The highest BCUT2D eigenvalue weighted by molar-refractivity contribution is 4.82. The van der Waals surface area contributed by atoms with Crippen LogP contribution < -0.4 is 10.6 Å². The minimum atomic E-state index is 0.753. The van der Waals surface area contributed by atoms with E-state index < -0.39 is 0 Å². The van der Waals surface area contributed by atoms with E-state index in [9.17, 15) is 0 Å². The SMILES string of the molecule is CCC(CC1CC1)NCC1CCCN1. The van der Waals surface area contributed by atoms with E-state index in [1.54, 1.807) is 0 Å². The molecule has 0 aromatic heterocycles. The van der Waals surface area contributed by atoms with Crippen LogP contribution in [0.1, 0.15) is 45.4 Å². The second-order valence-electron chi connectivity index (χ2n) is 4.99. The monoisotopic (exact) mass is 196 g/mol. The molecule has 1 heterocycles. The van der Waals surface area contributed by atoms with Gasteiger partial charge in [0.1, 0.15) is 0 Å². The third kappa shape index (κ3) is 3.25. The lowest BCUT2D eigenvalue weighted by Crippen LogP contribution is -2.39. The van der Waals surface area contributed by atoms with Gasteiger partial charge in [-0.3, -0.25) is 0 Å². The fourth-order valence-corrected chi connectivity index (χ4v) is 2.39. The Morgan fingerprint density at radius 1 is 1.36 bits per heavy atom. The lowest BCUT2D eigenvalue weighted by atomic mass is 10.1. The number of hydrogen-bond donors (Lipinski definition) is 2. The van der Waals surface area contributed by atoms with Gasteiger partial charge < -0.3 is 10.6 Å². The molecule has 2 atom stereocenters. The van der Waals surface area contributed by atoms with Crippen LogP contribution in [0.15, 0.2) is 0 Å². The Hall–Kier alpha value is -0.0800. The average molecular weight is 196 g/mol. The first kappa shape index (κ1) is 10.4. The molecule has 14 heavy (non-hydrogen) atoms. The van der Waals surface area contributed by atoms with Crippen molar-refractivity contribution >= 4 is 0 Å². The Bertz CT molecular complexity index is 160. The molecule has 1 saturated carbocycles. The molecule has 2 nitrogen and oxygen atoms in total. The van der Waals surface area contributed by atoms with Crippen LogP contribution in [0.4, 0.5) is 0 Å². The summed E-state index contributed by atoms with van der Waals surface area (Å²) in [6.45, 7) is 4.72. The first-order valence-electron chi connectivity index (χ1n) is 6.35. The molecule has 2 aliphatic rings. The van der Waals surface area contributed by atoms with E-state index in [1.807, 2.05) is 0 Å². The normalized spacial score (nSPS) is 29.4. The summed E-state index contributed by atoms with van der Waals surface area (Å²) in [5.41, 5.74) is 0. The van der Waals surface area contributed by atoms with Crippen molar-refractivity contribution in [3.63, 3.8) is 0 Å². The molecule has 82 valence electrons. The van der Waals surface area contributed by atoms with Gasteiger partial charge in [0, 0.05) is 18.6 Å². The quantitative estimate of drug-likeness (QED) is 0.678. The summed E-state index contributed by atoms with van der Waals surface area (Å²) < 4.78 is 0. The second kappa shape index (κ2) is 5.13. The van der Waals surface area contributed by atoms with Crippen LogP contribution in [0.2, 0.25) is 0 Å². The molecule has 2 heteroatoms. The third-order valence-corrected chi connectivity index (χ3v) is 3.62. The highest BCUT2D eigenvalue weighted by Gasteiger charge is 2.25. The highest BCUT2D eigenvalue weighted by Crippen LogP contribution is 2.33. The maximum Gasteiger partial charge on any atom is 0.0193 e. The van der Waals surface area contributed by atoms with E-state index in [0.717, 1.165) is 18.0 Å². The first-order chi connectivity index (χ1) is 6.88. The standard InChI is InChI=1S/C12H24N2/c1-2-11(8-10-5-6-10)14-9-12-4-3-7-13-12/h10-14H,2-9H2,1H3. The summed E-state index contributed by atoms with van der Waals surface area (Å²) in [5.74, 6) is 1.06. The van der Waals surface area contributed by atoms with Gasteiger partial charge in [0.15, 0.2) is 0 Å². The van der Waals surface area contributed by atoms with Gasteiger partial charge in [-0.25, -0.2) is 0 Å². The molecule has 0 radical (unpaired) electrons. The topological polar surface area (TPSA) is 24.1 Å². The minimum Gasteiger partial charge on any atom is -0.313 e. The lowest BCUT2D eigenvalue weighted by Gasteiger charge is -2.19. The van der Waals surface area contributed by atoms with E-state index in [-0.39, 0.29) is 0 Å². The zero-order valence-electron chi connectivity index (χ0n) is 9.39. The molecule has 1 aliphatic heterocycles. The average Bonchev–Trinajstić information content (AvgIpc) is 2.86. The van der Waals surface area contributed by atoms with E-state index in [4.69, 9.17) is 0 Å². The smallest absolute Gasteiger partial charge is 0.0193 e. The number of nitrogens with one attached hydrogen (secondary N) is 2. The van der Waals surface area contributed by atoms with Gasteiger partial charge in [-0.05, 0) is 38.1 Å². The Labute approximate surface area is 87.8 Å². The summed E-state index contributed by atoms with van der Waals surface area (Å²) in [6.07, 6.45) is 8.42. The minimum absolute atomic E-state index is 0.753. The van der Waals surface area contributed by atoms with Crippen molar-refractivity contribution in [1.82, 2.24) is 10.6 Å². The predicted octanol–water partition coefficient (Wildman–Crippen LogP) is 1.91. The summed E-state index contributed by atoms with van der Waals surface area (Å²) in [7, 11) is 0. The Kier molecular flexibility index (Phi) is 3.82. The maximum absolute atomic E-state index is 3.72. The van der Waals surface area contributed by atoms with Gasteiger partial charge >= 0.3 is 0 Å². The van der Waals surface area contributed by atoms with Crippen molar-refractivity contribution in [3.8, 4) is 0 Å². The molecule has 2 fully saturated rings. The number of hydrogen-bond acceptors (Lipinski definition) is 2. The van der Waals surface area contributed by atoms with Crippen molar-refractivity contribution < 1.29 is 0 Å². The summed E-state index contributed by atoms with van der Waals surface area (Å²) >= 11 is 0. The van der Waals surface area contributed by atoms with Crippen molar-refractivity contribution in [3.05, 3.63) is 0 Å². The summed E-state index contributed by atoms with van der Waals surface area (Å²) in [5, 5.41) is 7.26. The fraction of sp³-hybridized carbons (Fsp3) is 1.00. The van der Waals surface area contributed by atoms with E-state index in [2.05, 4.69) is 17.6 Å². The Morgan fingerprint density at radius 2 is 2.21 bits per heavy atom. The molecule has 2 unspecified atom stereocenters. The zero-order chi connectivity index (χ0) is 9.80. The van der Waals surface area contributed by atoms with Crippen LogP contribution in [0.25, 0.3) is 0 Å². The molecule has 1 saturated heterocycles.